The average molecular weight is 482 g/mol. The Balaban J connectivity index is 1.51. The van der Waals surface area contributed by atoms with E-state index < -0.39 is 6.10 Å². The van der Waals surface area contributed by atoms with Gasteiger partial charge in [-0.1, -0.05) is 49.0 Å². The Morgan fingerprint density at radius 3 is 2.50 bits per heavy atom. The number of carbonyl (C=O) groups is 2. The molecule has 0 fully saturated rings. The summed E-state index contributed by atoms with van der Waals surface area (Å²) in [6.45, 7) is 8.56. The van der Waals surface area contributed by atoms with Crippen LogP contribution in [0.25, 0.3) is 0 Å². The lowest BCUT2D eigenvalue weighted by Crippen LogP contribution is -2.36. The SMILES string of the molecule is CCc1ccc(O[C@H](C)C(=O)NCc2nnc(SCC(=O)Nc3ccccc3C)n2CC)cc1. The molecule has 2 aromatic carbocycles. The molecule has 2 N–H and O–H groups in total. The first kappa shape index (κ1) is 25.3. The largest absolute Gasteiger partial charge is 0.481 e. The molecule has 9 heteroatoms. The van der Waals surface area contributed by atoms with Crippen LogP contribution in [0.1, 0.15) is 37.7 Å². The van der Waals surface area contributed by atoms with Crippen LogP contribution in [0, 0.1) is 6.92 Å². The summed E-state index contributed by atoms with van der Waals surface area (Å²) in [6, 6.07) is 15.4. The number of aromatic nitrogens is 3. The second-order valence-corrected chi connectivity index (χ2v) is 8.71. The molecule has 0 aliphatic carbocycles. The van der Waals surface area contributed by atoms with E-state index in [4.69, 9.17) is 4.74 Å². The van der Waals surface area contributed by atoms with E-state index in [0.717, 1.165) is 17.7 Å². The maximum absolute atomic E-state index is 12.5. The molecular formula is C25H31N5O3S. The Labute approximate surface area is 204 Å². The van der Waals surface area contributed by atoms with Crippen molar-refractivity contribution in [2.75, 3.05) is 11.1 Å². The van der Waals surface area contributed by atoms with Crippen molar-refractivity contribution in [1.29, 1.82) is 0 Å². The van der Waals surface area contributed by atoms with Crippen molar-refractivity contribution in [2.24, 2.45) is 0 Å². The van der Waals surface area contributed by atoms with Crippen molar-refractivity contribution in [3.8, 4) is 5.75 Å². The van der Waals surface area contributed by atoms with Crippen LogP contribution >= 0.6 is 11.8 Å². The van der Waals surface area contributed by atoms with Gasteiger partial charge in [-0.15, -0.1) is 10.2 Å². The van der Waals surface area contributed by atoms with Gasteiger partial charge >= 0.3 is 0 Å². The molecule has 180 valence electrons. The van der Waals surface area contributed by atoms with E-state index in [1.54, 1.807) is 6.92 Å². The lowest BCUT2D eigenvalue weighted by molar-refractivity contribution is -0.127. The topological polar surface area (TPSA) is 98.1 Å². The fourth-order valence-electron chi connectivity index (χ4n) is 3.28. The van der Waals surface area contributed by atoms with E-state index in [0.29, 0.717) is 23.3 Å². The molecule has 0 spiro atoms. The number of nitrogens with zero attached hydrogens (tertiary/aromatic N) is 3. The predicted molar refractivity (Wildman–Crippen MR) is 134 cm³/mol. The lowest BCUT2D eigenvalue weighted by atomic mass is 10.2. The maximum atomic E-state index is 12.5. The average Bonchev–Trinajstić information content (AvgIpc) is 3.24. The second kappa shape index (κ2) is 12.2. The van der Waals surface area contributed by atoms with Crippen LogP contribution in [0.3, 0.4) is 0 Å². The number of hydrogen-bond acceptors (Lipinski definition) is 6. The van der Waals surface area contributed by atoms with E-state index in [1.165, 1.54) is 17.3 Å². The first-order chi connectivity index (χ1) is 16.4. The first-order valence-corrected chi connectivity index (χ1v) is 12.3. The fourth-order valence-corrected chi connectivity index (χ4v) is 4.10. The van der Waals surface area contributed by atoms with E-state index in [9.17, 15) is 9.59 Å². The number of anilines is 1. The molecule has 0 saturated heterocycles. The van der Waals surface area contributed by atoms with Gasteiger partial charge in [0.15, 0.2) is 17.1 Å². The van der Waals surface area contributed by atoms with Gasteiger partial charge in [0.1, 0.15) is 5.75 Å². The van der Waals surface area contributed by atoms with Crippen LogP contribution in [0.2, 0.25) is 0 Å². The van der Waals surface area contributed by atoms with Crippen LogP contribution in [-0.2, 0) is 29.1 Å². The Bertz CT molecular complexity index is 1110. The van der Waals surface area contributed by atoms with Gasteiger partial charge in [0.05, 0.1) is 12.3 Å². The summed E-state index contributed by atoms with van der Waals surface area (Å²) in [5.74, 6) is 1.13. The van der Waals surface area contributed by atoms with Crippen molar-refractivity contribution in [1.82, 2.24) is 20.1 Å². The molecule has 0 unspecified atom stereocenters. The number of hydrogen-bond donors (Lipinski definition) is 2. The molecule has 0 aliphatic heterocycles. The Kier molecular flexibility index (Phi) is 9.09. The summed E-state index contributed by atoms with van der Waals surface area (Å²) in [4.78, 5) is 24.9. The summed E-state index contributed by atoms with van der Waals surface area (Å²) < 4.78 is 7.63. The molecule has 1 atom stereocenters. The quantitative estimate of drug-likeness (QED) is 0.402. The van der Waals surface area contributed by atoms with Gasteiger partial charge in [-0.2, -0.15) is 0 Å². The summed E-state index contributed by atoms with van der Waals surface area (Å²) in [5.41, 5.74) is 3.02. The minimum Gasteiger partial charge on any atom is -0.481 e. The van der Waals surface area contributed by atoms with Crippen molar-refractivity contribution in [3.63, 3.8) is 0 Å². The number of amides is 2. The van der Waals surface area contributed by atoms with Crippen LogP contribution in [0.4, 0.5) is 5.69 Å². The lowest BCUT2D eigenvalue weighted by Gasteiger charge is -2.15. The van der Waals surface area contributed by atoms with E-state index in [2.05, 4.69) is 27.8 Å². The molecular weight excluding hydrogens is 450 g/mol. The van der Waals surface area contributed by atoms with Crippen molar-refractivity contribution in [2.45, 2.75) is 58.5 Å². The third kappa shape index (κ3) is 6.84. The summed E-state index contributed by atoms with van der Waals surface area (Å²) in [7, 11) is 0. The smallest absolute Gasteiger partial charge is 0.261 e. The number of benzene rings is 2. The summed E-state index contributed by atoms with van der Waals surface area (Å²) >= 11 is 1.31. The van der Waals surface area contributed by atoms with E-state index >= 15 is 0 Å². The number of para-hydroxylation sites is 1. The highest BCUT2D eigenvalue weighted by atomic mass is 32.2. The Morgan fingerprint density at radius 1 is 1.09 bits per heavy atom. The monoisotopic (exact) mass is 481 g/mol. The van der Waals surface area contributed by atoms with Gasteiger partial charge in [-0.05, 0) is 56.5 Å². The molecule has 3 aromatic rings. The van der Waals surface area contributed by atoms with Crippen molar-refractivity contribution >= 4 is 29.3 Å². The highest BCUT2D eigenvalue weighted by Gasteiger charge is 2.18. The maximum Gasteiger partial charge on any atom is 0.261 e. The van der Waals surface area contributed by atoms with E-state index in [-0.39, 0.29) is 24.1 Å². The molecule has 3 rings (SSSR count). The van der Waals surface area contributed by atoms with Gasteiger partial charge in [-0.3, -0.25) is 9.59 Å². The number of nitrogens with one attached hydrogen (secondary N) is 2. The molecule has 8 nitrogen and oxygen atoms in total. The molecule has 1 heterocycles. The molecule has 0 aliphatic rings. The molecule has 34 heavy (non-hydrogen) atoms. The van der Waals surface area contributed by atoms with Gasteiger partial charge in [-0.25, -0.2) is 0 Å². The van der Waals surface area contributed by atoms with Crippen LogP contribution in [0.5, 0.6) is 5.75 Å². The molecule has 0 bridgehead atoms. The normalized spacial score (nSPS) is 11.6. The summed E-state index contributed by atoms with van der Waals surface area (Å²) in [6.07, 6.45) is 0.302. The second-order valence-electron chi connectivity index (χ2n) is 7.77. The zero-order chi connectivity index (χ0) is 24.5. The van der Waals surface area contributed by atoms with Crippen LogP contribution in [0.15, 0.2) is 53.7 Å². The van der Waals surface area contributed by atoms with E-state index in [1.807, 2.05) is 66.9 Å². The Morgan fingerprint density at radius 2 is 1.82 bits per heavy atom. The molecule has 0 radical (unpaired) electrons. The molecule has 1 aromatic heterocycles. The first-order valence-electron chi connectivity index (χ1n) is 11.3. The summed E-state index contributed by atoms with van der Waals surface area (Å²) in [5, 5.41) is 14.8. The number of aryl methyl sites for hydroxylation is 2. The van der Waals surface area contributed by atoms with Crippen LogP contribution in [-0.4, -0.2) is 38.4 Å². The minimum atomic E-state index is -0.649. The number of rotatable bonds is 11. The highest BCUT2D eigenvalue weighted by Crippen LogP contribution is 2.19. The third-order valence-corrected chi connectivity index (χ3v) is 6.26. The third-order valence-electron chi connectivity index (χ3n) is 5.30. The van der Waals surface area contributed by atoms with Gasteiger partial charge in [0.2, 0.25) is 5.91 Å². The number of thioether (sulfide) groups is 1. The zero-order valence-corrected chi connectivity index (χ0v) is 20.8. The van der Waals surface area contributed by atoms with Gasteiger partial charge in [0.25, 0.3) is 5.91 Å². The predicted octanol–water partition coefficient (Wildman–Crippen LogP) is 3.98. The number of carbonyl (C=O) groups excluding carboxylic acids is 2. The highest BCUT2D eigenvalue weighted by molar-refractivity contribution is 7.99. The number of ether oxygens (including phenoxy) is 1. The molecule has 2 amide bonds. The molecule has 0 saturated carbocycles. The zero-order valence-electron chi connectivity index (χ0n) is 20.0. The van der Waals surface area contributed by atoms with Gasteiger partial charge in [0, 0.05) is 12.2 Å². The minimum absolute atomic E-state index is 0.113. The Hall–Kier alpha value is -3.33. The standard InChI is InChI=1S/C25H31N5O3S/c1-5-19-11-13-20(14-12-19)33-18(4)24(32)26-15-22-28-29-25(30(22)6-2)34-16-23(31)27-21-10-8-7-9-17(21)3/h7-14,18H,5-6,15-16H2,1-4H3,(H,26,32)(H,27,31)/t18-/m1/s1. The van der Waals surface area contributed by atoms with Crippen molar-refractivity contribution in [3.05, 3.63) is 65.5 Å². The fraction of sp³-hybridized carbons (Fsp3) is 0.360. The van der Waals surface area contributed by atoms with Crippen LogP contribution < -0.4 is 15.4 Å². The van der Waals surface area contributed by atoms with Crippen molar-refractivity contribution < 1.29 is 14.3 Å². The van der Waals surface area contributed by atoms with Gasteiger partial charge < -0.3 is 19.9 Å².